The normalized spacial score (nSPS) is 23.4. The second kappa shape index (κ2) is 5.72. The van der Waals surface area contributed by atoms with Gasteiger partial charge in [-0.15, -0.1) is 0 Å². The van der Waals surface area contributed by atoms with Crippen LogP contribution in [0, 0.1) is 11.3 Å². The maximum absolute atomic E-state index is 12.3. The number of hydrogen-bond acceptors (Lipinski definition) is 3. The molecule has 2 amide bonds. The minimum Gasteiger partial charge on any atom is -0.343 e. The molecule has 5 nitrogen and oxygen atoms in total. The molecule has 0 radical (unpaired) electrons. The van der Waals surface area contributed by atoms with Crippen LogP contribution in [0.25, 0.3) is 0 Å². The number of nitrogens with two attached hydrogens (primary N) is 1. The molecule has 20 heavy (non-hydrogen) atoms. The van der Waals surface area contributed by atoms with Crippen LogP contribution in [0.5, 0.6) is 0 Å². The molecular formula is C15H27N3O2. The van der Waals surface area contributed by atoms with Gasteiger partial charge in [-0.25, -0.2) is 0 Å². The van der Waals surface area contributed by atoms with Gasteiger partial charge in [0.05, 0.1) is 6.04 Å². The average molecular weight is 281 g/mol. The highest BCUT2D eigenvalue weighted by Gasteiger charge is 2.43. The van der Waals surface area contributed by atoms with Crippen molar-refractivity contribution in [1.29, 1.82) is 0 Å². The molecule has 0 aliphatic carbocycles. The third-order valence-electron chi connectivity index (χ3n) is 5.02. The van der Waals surface area contributed by atoms with Gasteiger partial charge in [0, 0.05) is 33.1 Å². The lowest BCUT2D eigenvalue weighted by Crippen LogP contribution is -2.48. The molecule has 1 spiro atoms. The van der Waals surface area contributed by atoms with Crippen molar-refractivity contribution < 1.29 is 9.59 Å². The van der Waals surface area contributed by atoms with E-state index in [1.807, 2.05) is 23.6 Å². The molecule has 2 aliphatic rings. The van der Waals surface area contributed by atoms with Gasteiger partial charge in [-0.2, -0.15) is 0 Å². The van der Waals surface area contributed by atoms with E-state index in [0.29, 0.717) is 0 Å². The number of hydrogen-bond donors (Lipinski definition) is 1. The predicted octanol–water partition coefficient (Wildman–Crippen LogP) is 0.831. The van der Waals surface area contributed by atoms with Crippen molar-refractivity contribution in [3.63, 3.8) is 0 Å². The quantitative estimate of drug-likeness (QED) is 0.815. The summed E-state index contributed by atoms with van der Waals surface area (Å²) in [5.74, 6) is 0.428. The Morgan fingerprint density at radius 2 is 1.55 bits per heavy atom. The first-order valence-electron chi connectivity index (χ1n) is 7.64. The van der Waals surface area contributed by atoms with Gasteiger partial charge in [0.1, 0.15) is 0 Å². The molecule has 2 aliphatic heterocycles. The maximum atomic E-state index is 12.3. The number of piperidine rings is 1. The predicted molar refractivity (Wildman–Crippen MR) is 77.9 cm³/mol. The fourth-order valence-corrected chi connectivity index (χ4v) is 3.32. The van der Waals surface area contributed by atoms with Gasteiger partial charge in [0.15, 0.2) is 0 Å². The van der Waals surface area contributed by atoms with Crippen LogP contribution in [-0.2, 0) is 9.59 Å². The lowest BCUT2D eigenvalue weighted by molar-refractivity contribution is -0.134. The fourth-order valence-electron chi connectivity index (χ4n) is 3.32. The van der Waals surface area contributed by atoms with Gasteiger partial charge in [-0.1, -0.05) is 13.8 Å². The van der Waals surface area contributed by atoms with Crippen molar-refractivity contribution in [2.75, 3.05) is 26.2 Å². The highest BCUT2D eigenvalue weighted by Crippen LogP contribution is 2.40. The number of likely N-dealkylation sites (tertiary alicyclic amines) is 2. The SMILES string of the molecule is CC(=O)N1CCC2(CC1)CCN(C(=O)C(N)C(C)C)C2. The molecule has 2 saturated heterocycles. The van der Waals surface area contributed by atoms with Crippen LogP contribution in [-0.4, -0.2) is 53.8 Å². The van der Waals surface area contributed by atoms with Crippen LogP contribution in [0.15, 0.2) is 0 Å². The zero-order chi connectivity index (χ0) is 14.9. The molecule has 2 N–H and O–H groups in total. The summed E-state index contributed by atoms with van der Waals surface area (Å²) < 4.78 is 0. The summed E-state index contributed by atoms with van der Waals surface area (Å²) in [6, 6.07) is -0.387. The largest absolute Gasteiger partial charge is 0.343 e. The van der Waals surface area contributed by atoms with E-state index in [-0.39, 0.29) is 29.2 Å². The molecule has 1 unspecified atom stereocenters. The van der Waals surface area contributed by atoms with Crippen molar-refractivity contribution in [2.45, 2.75) is 46.1 Å². The van der Waals surface area contributed by atoms with Crippen LogP contribution in [0.2, 0.25) is 0 Å². The Morgan fingerprint density at radius 1 is 1.05 bits per heavy atom. The van der Waals surface area contributed by atoms with Crippen molar-refractivity contribution >= 4 is 11.8 Å². The number of carbonyl (C=O) groups excluding carboxylic acids is 2. The molecule has 0 aromatic carbocycles. The molecule has 0 aromatic heterocycles. The molecule has 0 saturated carbocycles. The van der Waals surface area contributed by atoms with E-state index in [4.69, 9.17) is 5.73 Å². The first kappa shape index (κ1) is 15.3. The van der Waals surface area contributed by atoms with Gasteiger partial charge in [0.2, 0.25) is 11.8 Å². The van der Waals surface area contributed by atoms with Crippen molar-refractivity contribution in [3.8, 4) is 0 Å². The van der Waals surface area contributed by atoms with Crippen LogP contribution in [0.3, 0.4) is 0 Å². The fraction of sp³-hybridized carbons (Fsp3) is 0.867. The third kappa shape index (κ3) is 2.97. The van der Waals surface area contributed by atoms with E-state index < -0.39 is 0 Å². The van der Waals surface area contributed by atoms with Gasteiger partial charge in [-0.05, 0) is 30.6 Å². The topological polar surface area (TPSA) is 66.6 Å². The Kier molecular flexibility index (Phi) is 4.37. The summed E-state index contributed by atoms with van der Waals surface area (Å²) in [5, 5.41) is 0. The van der Waals surface area contributed by atoms with E-state index in [2.05, 4.69) is 0 Å². The summed E-state index contributed by atoms with van der Waals surface area (Å²) in [6.07, 6.45) is 3.07. The second-order valence-electron chi connectivity index (χ2n) is 6.79. The smallest absolute Gasteiger partial charge is 0.239 e. The number of carbonyl (C=O) groups is 2. The number of rotatable bonds is 2. The molecule has 0 bridgehead atoms. The minimum atomic E-state index is -0.387. The Hall–Kier alpha value is -1.10. The van der Waals surface area contributed by atoms with Gasteiger partial charge in [0.25, 0.3) is 0 Å². The summed E-state index contributed by atoms with van der Waals surface area (Å²) in [7, 11) is 0. The Balaban J connectivity index is 1.93. The minimum absolute atomic E-state index is 0.0888. The summed E-state index contributed by atoms with van der Waals surface area (Å²) in [4.78, 5) is 27.6. The van der Waals surface area contributed by atoms with E-state index in [9.17, 15) is 9.59 Å². The second-order valence-corrected chi connectivity index (χ2v) is 6.79. The zero-order valence-corrected chi connectivity index (χ0v) is 12.9. The summed E-state index contributed by atoms with van der Waals surface area (Å²) >= 11 is 0. The van der Waals surface area contributed by atoms with Crippen LogP contribution in [0.1, 0.15) is 40.0 Å². The molecule has 2 heterocycles. The number of nitrogens with zero attached hydrogens (tertiary/aromatic N) is 2. The van der Waals surface area contributed by atoms with Crippen molar-refractivity contribution in [1.82, 2.24) is 9.80 Å². The highest BCUT2D eigenvalue weighted by molar-refractivity contribution is 5.82. The molecule has 5 heteroatoms. The molecular weight excluding hydrogens is 254 g/mol. The van der Waals surface area contributed by atoms with Crippen LogP contribution < -0.4 is 5.73 Å². The van der Waals surface area contributed by atoms with E-state index >= 15 is 0 Å². The lowest BCUT2D eigenvalue weighted by Gasteiger charge is -2.39. The molecule has 0 aromatic rings. The lowest BCUT2D eigenvalue weighted by atomic mass is 9.78. The van der Waals surface area contributed by atoms with Crippen LogP contribution >= 0.6 is 0 Å². The Bertz CT molecular complexity index is 387. The van der Waals surface area contributed by atoms with E-state index in [0.717, 1.165) is 45.4 Å². The van der Waals surface area contributed by atoms with E-state index in [1.54, 1.807) is 6.92 Å². The average Bonchev–Trinajstić information content (AvgIpc) is 2.81. The molecule has 2 rings (SSSR count). The molecule has 2 fully saturated rings. The van der Waals surface area contributed by atoms with Crippen LogP contribution in [0.4, 0.5) is 0 Å². The number of amides is 2. The third-order valence-corrected chi connectivity index (χ3v) is 5.02. The molecule has 1 atom stereocenters. The first-order chi connectivity index (χ1) is 9.34. The van der Waals surface area contributed by atoms with Crippen molar-refractivity contribution in [3.05, 3.63) is 0 Å². The Morgan fingerprint density at radius 3 is 2.00 bits per heavy atom. The van der Waals surface area contributed by atoms with Crippen molar-refractivity contribution in [2.24, 2.45) is 17.1 Å². The summed E-state index contributed by atoms with van der Waals surface area (Å²) in [5.41, 5.74) is 6.20. The van der Waals surface area contributed by atoms with Gasteiger partial charge < -0.3 is 15.5 Å². The maximum Gasteiger partial charge on any atom is 0.239 e. The standard InChI is InChI=1S/C15H27N3O2/c1-11(2)13(16)14(20)18-9-6-15(10-18)4-7-17(8-5-15)12(3)19/h11,13H,4-10,16H2,1-3H3. The molecule has 114 valence electrons. The highest BCUT2D eigenvalue weighted by atomic mass is 16.2. The van der Waals surface area contributed by atoms with Gasteiger partial charge in [-0.3, -0.25) is 9.59 Å². The zero-order valence-electron chi connectivity index (χ0n) is 12.9. The van der Waals surface area contributed by atoms with Gasteiger partial charge >= 0.3 is 0 Å². The monoisotopic (exact) mass is 281 g/mol. The summed E-state index contributed by atoms with van der Waals surface area (Å²) in [6.45, 7) is 8.89. The first-order valence-corrected chi connectivity index (χ1v) is 7.64. The van der Waals surface area contributed by atoms with E-state index in [1.165, 1.54) is 0 Å². The Labute approximate surface area is 121 Å².